The second-order valence-corrected chi connectivity index (χ2v) is 7.60. The molecule has 0 aromatic heterocycles. The Labute approximate surface area is 169 Å². The number of hydrogen-bond acceptors (Lipinski definition) is 6. The minimum atomic E-state index is -3.88. The number of nitrogens with zero attached hydrogens (tertiary/aromatic N) is 2. The van der Waals surface area contributed by atoms with Crippen molar-refractivity contribution >= 4 is 19.6 Å². The molecular weight excluding hydrogens is 391 g/mol. The van der Waals surface area contributed by atoms with E-state index in [0.29, 0.717) is 11.1 Å². The lowest BCUT2D eigenvalue weighted by Crippen LogP contribution is -2.34. The quantitative estimate of drug-likeness (QED) is 0.281. The highest BCUT2D eigenvalue weighted by Crippen LogP contribution is 2.48. The molecule has 0 bridgehead atoms. The van der Waals surface area contributed by atoms with Crippen molar-refractivity contribution < 1.29 is 23.1 Å². The SMILES string of the molecule is CCOC(=O)C(=C=NP(=O)(OC)OC)C(C#N)(c1ccccc1)c1ccccc1. The topological polar surface area (TPSA) is 98.0 Å². The van der Waals surface area contributed by atoms with Gasteiger partial charge < -0.3 is 4.74 Å². The Kier molecular flexibility index (Phi) is 7.67. The third kappa shape index (κ3) is 4.71. The molecule has 0 aliphatic carbocycles. The first-order valence-corrected chi connectivity index (χ1v) is 10.2. The van der Waals surface area contributed by atoms with Crippen LogP contribution in [0.1, 0.15) is 18.1 Å². The highest BCUT2D eigenvalue weighted by atomic mass is 31.2. The molecule has 0 N–H and O–H groups in total. The molecule has 7 nitrogen and oxygen atoms in total. The fourth-order valence-electron chi connectivity index (χ4n) is 2.77. The van der Waals surface area contributed by atoms with E-state index in [1.165, 1.54) is 0 Å². The Morgan fingerprint density at radius 2 is 1.52 bits per heavy atom. The molecule has 0 heterocycles. The Morgan fingerprint density at radius 3 is 1.90 bits per heavy atom. The van der Waals surface area contributed by atoms with Gasteiger partial charge in [-0.25, -0.2) is 9.36 Å². The summed E-state index contributed by atoms with van der Waals surface area (Å²) in [5, 5.41) is 10.3. The minimum Gasteiger partial charge on any atom is -0.462 e. The number of hydrogen-bond donors (Lipinski definition) is 0. The van der Waals surface area contributed by atoms with Gasteiger partial charge in [0.2, 0.25) is 0 Å². The summed E-state index contributed by atoms with van der Waals surface area (Å²) >= 11 is 0. The van der Waals surface area contributed by atoms with Gasteiger partial charge in [-0.1, -0.05) is 60.7 Å². The van der Waals surface area contributed by atoms with E-state index in [1.807, 2.05) is 0 Å². The molecular formula is C21H21N2O5P. The fourth-order valence-corrected chi connectivity index (χ4v) is 3.30. The van der Waals surface area contributed by atoms with E-state index in [1.54, 1.807) is 67.6 Å². The van der Waals surface area contributed by atoms with Gasteiger partial charge in [0, 0.05) is 20.1 Å². The number of ether oxygens (including phenoxy) is 1. The summed E-state index contributed by atoms with van der Waals surface area (Å²) < 4.78 is 30.9. The Hall–Kier alpha value is -3.00. The molecule has 0 aliphatic heterocycles. The predicted octanol–water partition coefficient (Wildman–Crippen LogP) is 4.06. The summed E-state index contributed by atoms with van der Waals surface area (Å²) in [4.78, 5) is 12.9. The van der Waals surface area contributed by atoms with E-state index in [-0.39, 0.29) is 12.2 Å². The molecule has 0 aliphatic rings. The average Bonchev–Trinajstić information content (AvgIpc) is 2.78. The first-order chi connectivity index (χ1) is 14.0. The van der Waals surface area contributed by atoms with Crippen molar-refractivity contribution in [3.05, 3.63) is 77.4 Å². The molecule has 2 aromatic rings. The lowest BCUT2D eigenvalue weighted by molar-refractivity contribution is -0.138. The molecule has 150 valence electrons. The molecule has 0 fully saturated rings. The number of rotatable bonds is 8. The average molecular weight is 412 g/mol. The van der Waals surface area contributed by atoms with Gasteiger partial charge in [0.05, 0.1) is 12.7 Å². The second kappa shape index (κ2) is 9.97. The number of benzene rings is 2. The third-order valence-electron chi connectivity index (χ3n) is 4.18. The number of esters is 1. The van der Waals surface area contributed by atoms with Crippen LogP contribution in [0.3, 0.4) is 0 Å². The third-order valence-corrected chi connectivity index (χ3v) is 5.45. The first-order valence-electron chi connectivity index (χ1n) is 8.74. The zero-order valence-corrected chi connectivity index (χ0v) is 17.3. The normalized spacial score (nSPS) is 11.1. The fraction of sp³-hybridized carbons (Fsp3) is 0.238. The second-order valence-electron chi connectivity index (χ2n) is 5.73. The van der Waals surface area contributed by atoms with Crippen LogP contribution >= 0.6 is 7.75 Å². The lowest BCUT2D eigenvalue weighted by Gasteiger charge is -2.28. The van der Waals surface area contributed by atoms with Crippen LogP contribution in [-0.2, 0) is 28.6 Å². The summed E-state index contributed by atoms with van der Waals surface area (Å²) in [7, 11) is -1.56. The maximum absolute atomic E-state index is 12.9. The monoisotopic (exact) mass is 412 g/mol. The molecule has 29 heavy (non-hydrogen) atoms. The van der Waals surface area contributed by atoms with Crippen molar-refractivity contribution in [3.63, 3.8) is 0 Å². The zero-order chi connectivity index (χ0) is 21.3. The molecule has 0 saturated carbocycles. The van der Waals surface area contributed by atoms with Gasteiger partial charge in [0.1, 0.15) is 11.0 Å². The molecule has 2 aromatic carbocycles. The van der Waals surface area contributed by atoms with Crippen molar-refractivity contribution in [2.24, 2.45) is 4.76 Å². The molecule has 8 heteroatoms. The molecule has 0 saturated heterocycles. The largest absolute Gasteiger partial charge is 0.462 e. The van der Waals surface area contributed by atoms with Gasteiger partial charge in [-0.2, -0.15) is 5.26 Å². The standard InChI is InChI=1S/C21H21N2O5P/c1-4-28-20(24)19(15-23-29(25,26-2)27-3)21(16-22,17-11-7-5-8-12-17)18-13-9-6-10-14-18/h5-14H,4H2,1-3H3. The summed E-state index contributed by atoms with van der Waals surface area (Å²) in [6, 6.07) is 19.7. The minimum absolute atomic E-state index is 0.0708. The summed E-state index contributed by atoms with van der Waals surface area (Å²) in [5.74, 6) is 1.65. The van der Waals surface area contributed by atoms with Gasteiger partial charge in [-0.3, -0.25) is 9.05 Å². The van der Waals surface area contributed by atoms with Crippen LogP contribution in [0.15, 0.2) is 71.0 Å². The Bertz CT molecular complexity index is 945. The smallest absolute Gasteiger partial charge is 0.461 e. The van der Waals surface area contributed by atoms with Crippen molar-refractivity contribution in [2.75, 3.05) is 20.8 Å². The van der Waals surface area contributed by atoms with E-state index >= 15 is 0 Å². The van der Waals surface area contributed by atoms with Crippen LogP contribution < -0.4 is 0 Å². The van der Waals surface area contributed by atoms with Gasteiger partial charge in [0.25, 0.3) is 0 Å². The van der Waals surface area contributed by atoms with E-state index in [2.05, 4.69) is 16.7 Å². The first kappa shape index (κ1) is 22.3. The molecule has 0 atom stereocenters. The molecule has 0 unspecified atom stereocenters. The van der Waals surface area contributed by atoms with Crippen LogP contribution in [0.4, 0.5) is 0 Å². The van der Waals surface area contributed by atoms with Gasteiger partial charge in [0.15, 0.2) is 0 Å². The van der Waals surface area contributed by atoms with Gasteiger partial charge >= 0.3 is 13.7 Å². The summed E-state index contributed by atoms with van der Waals surface area (Å²) in [6.07, 6.45) is 0. The van der Waals surface area contributed by atoms with Gasteiger partial charge in [-0.05, 0) is 18.1 Å². The van der Waals surface area contributed by atoms with Crippen molar-refractivity contribution in [1.29, 1.82) is 5.26 Å². The Morgan fingerprint density at radius 1 is 1.03 bits per heavy atom. The van der Waals surface area contributed by atoms with Crippen LogP contribution in [0.5, 0.6) is 0 Å². The van der Waals surface area contributed by atoms with E-state index in [0.717, 1.165) is 14.2 Å². The van der Waals surface area contributed by atoms with E-state index < -0.39 is 19.1 Å². The van der Waals surface area contributed by atoms with Crippen LogP contribution in [-0.4, -0.2) is 32.7 Å². The summed E-state index contributed by atoms with van der Waals surface area (Å²) in [5.41, 5.74) is -0.827. The van der Waals surface area contributed by atoms with Crippen molar-refractivity contribution in [3.8, 4) is 6.07 Å². The number of carbonyl (C=O) groups is 1. The van der Waals surface area contributed by atoms with E-state index in [4.69, 9.17) is 13.8 Å². The highest BCUT2D eigenvalue weighted by molar-refractivity contribution is 7.52. The number of carbonyl (C=O) groups excluding carboxylic acids is 1. The highest BCUT2D eigenvalue weighted by Gasteiger charge is 2.44. The molecule has 0 amide bonds. The maximum atomic E-state index is 12.9. The number of nitriles is 1. The summed E-state index contributed by atoms with van der Waals surface area (Å²) in [6.45, 7) is 1.71. The molecule has 2 rings (SSSR count). The Balaban J connectivity index is 2.92. The van der Waals surface area contributed by atoms with Crippen LogP contribution in [0.25, 0.3) is 0 Å². The zero-order valence-electron chi connectivity index (χ0n) is 16.4. The van der Waals surface area contributed by atoms with Crippen molar-refractivity contribution in [2.45, 2.75) is 12.3 Å². The van der Waals surface area contributed by atoms with Crippen LogP contribution in [0.2, 0.25) is 0 Å². The van der Waals surface area contributed by atoms with Crippen molar-refractivity contribution in [1.82, 2.24) is 0 Å². The molecule has 0 radical (unpaired) electrons. The molecule has 0 spiro atoms. The van der Waals surface area contributed by atoms with Gasteiger partial charge in [-0.15, -0.1) is 4.76 Å². The maximum Gasteiger partial charge on any atom is 0.461 e. The lowest BCUT2D eigenvalue weighted by atomic mass is 9.70. The predicted molar refractivity (Wildman–Crippen MR) is 108 cm³/mol. The van der Waals surface area contributed by atoms with E-state index in [9.17, 15) is 14.6 Å². The van der Waals surface area contributed by atoms with Crippen LogP contribution in [0, 0.1) is 11.3 Å².